The number of benzene rings is 2. The highest BCUT2D eigenvalue weighted by molar-refractivity contribution is 6.32. The van der Waals surface area contributed by atoms with Crippen molar-refractivity contribution in [1.82, 2.24) is 4.98 Å². The van der Waals surface area contributed by atoms with Crippen molar-refractivity contribution in [2.75, 3.05) is 32.2 Å². The number of nitrogens with one attached hydrogen (secondary N) is 2. The Hall–Kier alpha value is -3.21. The van der Waals surface area contributed by atoms with E-state index in [1.165, 1.54) is 7.11 Å². The average molecular weight is 428 g/mol. The number of hydrogen-bond donors (Lipinski definition) is 2. The highest BCUT2D eigenvalue weighted by atomic mass is 35.5. The molecule has 0 saturated carbocycles. The lowest BCUT2D eigenvalue weighted by Crippen LogP contribution is -2.16. The highest BCUT2D eigenvalue weighted by Gasteiger charge is 2.09. The quantitative estimate of drug-likeness (QED) is 0.499. The molecule has 0 amide bonds. The zero-order valence-corrected chi connectivity index (χ0v) is 17.5. The zero-order valence-electron chi connectivity index (χ0n) is 16.8. The Morgan fingerprint density at radius 1 is 1.17 bits per heavy atom. The number of fused-ring (bicyclic) bond motifs is 1. The molecule has 1 aromatic heterocycles. The summed E-state index contributed by atoms with van der Waals surface area (Å²) in [4.78, 5) is 15.4. The standard InChI is InChI=1S/C22H22ClN3O4/c1-3-29-6-7-30-21-11-19-15(9-18(21)23)8-16(22(27)26-19)13-25-17-5-4-14(12-24)20(10-17)28-2/h4-5,8-11,25H,3,6-7,13H2,1-2H3,(H,26,27). The normalized spacial score (nSPS) is 10.6. The molecule has 30 heavy (non-hydrogen) atoms. The van der Waals surface area contributed by atoms with Gasteiger partial charge in [0.15, 0.2) is 0 Å². The monoisotopic (exact) mass is 427 g/mol. The van der Waals surface area contributed by atoms with Crippen LogP contribution < -0.4 is 20.3 Å². The third-order valence-corrected chi connectivity index (χ3v) is 4.76. The molecule has 2 N–H and O–H groups in total. The summed E-state index contributed by atoms with van der Waals surface area (Å²) in [7, 11) is 1.51. The minimum Gasteiger partial charge on any atom is -0.495 e. The van der Waals surface area contributed by atoms with E-state index < -0.39 is 0 Å². The van der Waals surface area contributed by atoms with Gasteiger partial charge in [-0.05, 0) is 31.2 Å². The molecule has 3 aromatic rings. The lowest BCUT2D eigenvalue weighted by molar-refractivity contribution is 0.110. The van der Waals surface area contributed by atoms with Crippen LogP contribution in [0.5, 0.6) is 11.5 Å². The molecule has 0 saturated heterocycles. The fraction of sp³-hybridized carbons (Fsp3) is 0.273. The number of ether oxygens (including phenoxy) is 3. The summed E-state index contributed by atoms with van der Waals surface area (Å²) in [6.45, 7) is 3.67. The van der Waals surface area contributed by atoms with Gasteiger partial charge in [0.05, 0.1) is 29.8 Å². The van der Waals surface area contributed by atoms with E-state index in [9.17, 15) is 4.79 Å². The van der Waals surface area contributed by atoms with Crippen molar-refractivity contribution in [3.05, 3.63) is 62.9 Å². The van der Waals surface area contributed by atoms with Gasteiger partial charge in [-0.3, -0.25) is 4.79 Å². The van der Waals surface area contributed by atoms with Crippen molar-refractivity contribution in [3.8, 4) is 17.6 Å². The maximum absolute atomic E-state index is 12.5. The van der Waals surface area contributed by atoms with Crippen LogP contribution in [0.2, 0.25) is 5.02 Å². The van der Waals surface area contributed by atoms with Crippen LogP contribution >= 0.6 is 11.6 Å². The molecular formula is C22H22ClN3O4. The van der Waals surface area contributed by atoms with E-state index in [-0.39, 0.29) is 5.56 Å². The number of nitriles is 1. The van der Waals surface area contributed by atoms with Gasteiger partial charge in [0.1, 0.15) is 24.2 Å². The van der Waals surface area contributed by atoms with Gasteiger partial charge in [-0.15, -0.1) is 0 Å². The lowest BCUT2D eigenvalue weighted by Gasteiger charge is -2.11. The van der Waals surface area contributed by atoms with Gasteiger partial charge in [0.25, 0.3) is 5.56 Å². The first-order valence-corrected chi connectivity index (χ1v) is 9.81. The molecule has 3 rings (SSSR count). The maximum atomic E-state index is 12.5. The first-order chi connectivity index (χ1) is 14.5. The van der Waals surface area contributed by atoms with Crippen molar-refractivity contribution in [3.63, 3.8) is 0 Å². The Morgan fingerprint density at radius 2 is 2.00 bits per heavy atom. The Bertz CT molecular complexity index is 1140. The summed E-state index contributed by atoms with van der Waals surface area (Å²) < 4.78 is 16.1. The summed E-state index contributed by atoms with van der Waals surface area (Å²) in [6, 6.07) is 12.5. The van der Waals surface area contributed by atoms with Crippen LogP contribution in [-0.4, -0.2) is 31.9 Å². The van der Waals surface area contributed by atoms with E-state index >= 15 is 0 Å². The summed E-state index contributed by atoms with van der Waals surface area (Å²) >= 11 is 6.33. The van der Waals surface area contributed by atoms with Gasteiger partial charge < -0.3 is 24.5 Å². The Morgan fingerprint density at radius 3 is 2.73 bits per heavy atom. The summed E-state index contributed by atoms with van der Waals surface area (Å²) in [5.74, 6) is 0.966. The number of hydrogen-bond acceptors (Lipinski definition) is 6. The highest BCUT2D eigenvalue weighted by Crippen LogP contribution is 2.29. The number of aromatic nitrogens is 1. The second-order valence-electron chi connectivity index (χ2n) is 6.42. The molecule has 0 aliphatic carbocycles. The number of aromatic amines is 1. The predicted octanol–water partition coefficient (Wildman–Crippen LogP) is 4.09. The van der Waals surface area contributed by atoms with E-state index in [2.05, 4.69) is 16.4 Å². The molecule has 0 unspecified atom stereocenters. The second kappa shape index (κ2) is 10.0. The first kappa shape index (κ1) is 21.5. The average Bonchev–Trinajstić information content (AvgIpc) is 2.75. The largest absolute Gasteiger partial charge is 0.495 e. The molecule has 0 bridgehead atoms. The molecule has 0 spiro atoms. The van der Waals surface area contributed by atoms with Crippen molar-refractivity contribution >= 4 is 28.2 Å². The number of rotatable bonds is 9. The zero-order chi connectivity index (χ0) is 21.5. The fourth-order valence-electron chi connectivity index (χ4n) is 2.94. The summed E-state index contributed by atoms with van der Waals surface area (Å²) in [5, 5.41) is 13.5. The van der Waals surface area contributed by atoms with Gasteiger partial charge in [-0.2, -0.15) is 5.26 Å². The smallest absolute Gasteiger partial charge is 0.253 e. The molecule has 0 atom stereocenters. The van der Waals surface area contributed by atoms with Gasteiger partial charge in [0, 0.05) is 41.9 Å². The van der Waals surface area contributed by atoms with Crippen LogP contribution in [-0.2, 0) is 11.3 Å². The minimum atomic E-state index is -0.210. The Kier molecular flexibility index (Phi) is 7.17. The minimum absolute atomic E-state index is 0.210. The van der Waals surface area contributed by atoms with Gasteiger partial charge in [0.2, 0.25) is 0 Å². The third kappa shape index (κ3) is 5.03. The molecule has 7 nitrogen and oxygen atoms in total. The van der Waals surface area contributed by atoms with E-state index in [1.54, 1.807) is 36.4 Å². The lowest BCUT2D eigenvalue weighted by atomic mass is 10.1. The molecule has 156 valence electrons. The molecule has 0 fully saturated rings. The Balaban J connectivity index is 1.78. The van der Waals surface area contributed by atoms with Crippen molar-refractivity contribution in [2.45, 2.75) is 13.5 Å². The number of anilines is 1. The number of nitrogens with zero attached hydrogens (tertiary/aromatic N) is 1. The number of pyridine rings is 1. The fourth-order valence-corrected chi connectivity index (χ4v) is 3.17. The van der Waals surface area contributed by atoms with Crippen molar-refractivity contribution in [2.24, 2.45) is 0 Å². The molecule has 0 aliphatic heterocycles. The van der Waals surface area contributed by atoms with Gasteiger partial charge in [-0.25, -0.2) is 0 Å². The SMILES string of the molecule is CCOCCOc1cc2[nH]c(=O)c(CNc3ccc(C#N)c(OC)c3)cc2cc1Cl. The topological polar surface area (TPSA) is 96.4 Å². The van der Waals surface area contributed by atoms with Crippen LogP contribution in [0.4, 0.5) is 5.69 Å². The van der Waals surface area contributed by atoms with Crippen LogP contribution in [0.1, 0.15) is 18.1 Å². The van der Waals surface area contributed by atoms with Crippen LogP contribution in [0, 0.1) is 11.3 Å². The number of H-pyrrole nitrogens is 1. The van der Waals surface area contributed by atoms with E-state index in [4.69, 9.17) is 31.1 Å². The van der Waals surface area contributed by atoms with Gasteiger partial charge in [-0.1, -0.05) is 11.6 Å². The summed E-state index contributed by atoms with van der Waals surface area (Å²) in [5.41, 5.74) is 2.16. The van der Waals surface area contributed by atoms with Crippen molar-refractivity contribution in [1.29, 1.82) is 5.26 Å². The molecule has 1 heterocycles. The third-order valence-electron chi connectivity index (χ3n) is 4.47. The summed E-state index contributed by atoms with van der Waals surface area (Å²) in [6.07, 6.45) is 0. The molecule has 2 aromatic carbocycles. The van der Waals surface area contributed by atoms with Crippen LogP contribution in [0.15, 0.2) is 41.2 Å². The predicted molar refractivity (Wildman–Crippen MR) is 117 cm³/mol. The maximum Gasteiger partial charge on any atom is 0.253 e. The van der Waals surface area contributed by atoms with Crippen LogP contribution in [0.3, 0.4) is 0 Å². The number of methoxy groups -OCH3 is 1. The van der Waals surface area contributed by atoms with Crippen LogP contribution in [0.25, 0.3) is 10.9 Å². The van der Waals surface area contributed by atoms with E-state index in [0.29, 0.717) is 59.5 Å². The number of halogens is 1. The Labute approximate surface area is 179 Å². The van der Waals surface area contributed by atoms with E-state index in [0.717, 1.165) is 11.1 Å². The molecule has 0 radical (unpaired) electrons. The molecule has 0 aliphatic rings. The van der Waals surface area contributed by atoms with E-state index in [1.807, 2.05) is 6.92 Å². The van der Waals surface area contributed by atoms with Crippen molar-refractivity contribution < 1.29 is 14.2 Å². The first-order valence-electron chi connectivity index (χ1n) is 9.43. The molecule has 8 heteroatoms. The van der Waals surface area contributed by atoms with Gasteiger partial charge >= 0.3 is 0 Å². The molecular weight excluding hydrogens is 406 g/mol. The second-order valence-corrected chi connectivity index (χ2v) is 6.83.